The minimum atomic E-state index is -5.03. The highest BCUT2D eigenvalue weighted by molar-refractivity contribution is 5.99. The number of aliphatic hydroxyl groups is 1. The summed E-state index contributed by atoms with van der Waals surface area (Å²) >= 11 is 0. The van der Waals surface area contributed by atoms with Crippen LogP contribution in [0.5, 0.6) is 5.75 Å². The number of methoxy groups -OCH3 is 1. The van der Waals surface area contributed by atoms with Crippen LogP contribution in [0.1, 0.15) is 60.0 Å². The van der Waals surface area contributed by atoms with E-state index >= 15 is 0 Å². The highest BCUT2D eigenvalue weighted by Gasteiger charge is 2.54. The summed E-state index contributed by atoms with van der Waals surface area (Å²) in [7, 11) is 1.33. The molecule has 1 heterocycles. The zero-order chi connectivity index (χ0) is 33.4. The number of rotatable bonds is 11. The van der Waals surface area contributed by atoms with Gasteiger partial charge in [-0.15, -0.1) is 0 Å². The molecule has 1 amide bonds. The Morgan fingerprint density at radius 1 is 1.13 bits per heavy atom. The maximum atomic E-state index is 14.4. The highest BCUT2D eigenvalue weighted by atomic mass is 19.4. The number of amides is 1. The Balaban J connectivity index is 1.41. The van der Waals surface area contributed by atoms with E-state index < -0.39 is 53.9 Å². The zero-order valence-electron chi connectivity index (χ0n) is 25.4. The van der Waals surface area contributed by atoms with Crippen molar-refractivity contribution in [2.24, 2.45) is 0 Å². The SMILES string of the molecule is COc1ccc(F)cc1C(C)CC(O)(CNc1cc(C)cc2c1cnn2-c1cccc(C(=O)NC2(C(=O)O)CCC2)c1)C(F)(F)F. The molecule has 1 aliphatic rings. The number of hydrogen-bond acceptors (Lipinski definition) is 6. The van der Waals surface area contributed by atoms with Crippen LogP contribution in [0.3, 0.4) is 0 Å². The van der Waals surface area contributed by atoms with Gasteiger partial charge in [-0.25, -0.2) is 13.9 Å². The van der Waals surface area contributed by atoms with Gasteiger partial charge < -0.3 is 25.6 Å². The fourth-order valence-electron chi connectivity index (χ4n) is 5.85. The summed E-state index contributed by atoms with van der Waals surface area (Å²) < 4.78 is 63.8. The number of carbonyl (C=O) groups excluding carboxylic acids is 1. The van der Waals surface area contributed by atoms with Crippen molar-refractivity contribution >= 4 is 28.5 Å². The number of ether oxygens (including phenoxy) is 1. The second kappa shape index (κ2) is 12.3. The van der Waals surface area contributed by atoms with Crippen LogP contribution in [-0.4, -0.2) is 62.8 Å². The number of hydrogen-bond donors (Lipinski definition) is 4. The Labute approximate surface area is 262 Å². The minimum absolute atomic E-state index is 0.200. The Hall–Kier alpha value is -4.65. The van der Waals surface area contributed by atoms with Crippen LogP contribution in [0.15, 0.2) is 60.8 Å². The number of aliphatic carboxylic acids is 1. The molecule has 4 aromatic rings. The molecular formula is C33H34F4N4O5. The first kappa shape index (κ1) is 32.7. The van der Waals surface area contributed by atoms with Crippen molar-refractivity contribution in [3.05, 3.63) is 83.3 Å². The zero-order valence-corrected chi connectivity index (χ0v) is 25.4. The number of fused-ring (bicyclic) bond motifs is 1. The van der Waals surface area contributed by atoms with E-state index in [9.17, 15) is 37.4 Å². The van der Waals surface area contributed by atoms with E-state index in [1.54, 1.807) is 43.3 Å². The fourth-order valence-corrected chi connectivity index (χ4v) is 5.85. The first-order valence-corrected chi connectivity index (χ1v) is 14.7. The van der Waals surface area contributed by atoms with E-state index in [0.29, 0.717) is 47.1 Å². The topological polar surface area (TPSA) is 126 Å². The molecule has 13 heteroatoms. The number of nitrogens with one attached hydrogen (secondary N) is 2. The molecule has 46 heavy (non-hydrogen) atoms. The summed E-state index contributed by atoms with van der Waals surface area (Å²) in [6.07, 6.45) is -2.95. The lowest BCUT2D eigenvalue weighted by Gasteiger charge is -2.38. The van der Waals surface area contributed by atoms with Gasteiger partial charge in [0.1, 0.15) is 17.1 Å². The Morgan fingerprint density at radius 3 is 2.50 bits per heavy atom. The molecule has 0 radical (unpaired) electrons. The summed E-state index contributed by atoms with van der Waals surface area (Å²) in [5.74, 6) is -2.97. The van der Waals surface area contributed by atoms with Gasteiger partial charge in [-0.1, -0.05) is 13.0 Å². The average Bonchev–Trinajstić information content (AvgIpc) is 3.40. The van der Waals surface area contributed by atoms with Crippen molar-refractivity contribution in [1.82, 2.24) is 15.1 Å². The predicted octanol–water partition coefficient (Wildman–Crippen LogP) is 6.12. The van der Waals surface area contributed by atoms with Gasteiger partial charge in [0.15, 0.2) is 5.60 Å². The smallest absolute Gasteiger partial charge is 0.418 e. The third kappa shape index (κ3) is 6.23. The standard InChI is InChI=1S/C33H34F4N4O5/c1-19-12-26(38-18-32(45,33(35,36)37)16-20(2)24-15-22(34)8-9-28(24)46-3)25-17-39-41(27(25)13-19)23-7-4-6-21(14-23)29(42)40-31(30(43)44)10-5-11-31/h4,6-9,12-15,17,20,38,45H,5,10-11,16,18H2,1-3H3,(H,40,42)(H,43,44). The summed E-state index contributed by atoms with van der Waals surface area (Å²) in [5.41, 5.74) is -2.08. The lowest BCUT2D eigenvalue weighted by Crippen LogP contribution is -2.59. The van der Waals surface area contributed by atoms with Gasteiger partial charge in [0.2, 0.25) is 0 Å². The molecule has 0 spiro atoms. The monoisotopic (exact) mass is 642 g/mol. The van der Waals surface area contributed by atoms with E-state index in [-0.39, 0.29) is 16.9 Å². The minimum Gasteiger partial charge on any atom is -0.496 e. The number of carbonyl (C=O) groups is 2. The maximum Gasteiger partial charge on any atom is 0.418 e. The van der Waals surface area contributed by atoms with E-state index in [0.717, 1.165) is 12.1 Å². The maximum absolute atomic E-state index is 14.4. The molecule has 5 rings (SSSR count). The Kier molecular flexibility index (Phi) is 8.73. The van der Waals surface area contributed by atoms with Gasteiger partial charge in [-0.2, -0.15) is 18.3 Å². The normalized spacial score (nSPS) is 16.3. The molecule has 2 atom stereocenters. The molecule has 3 aromatic carbocycles. The fraction of sp³-hybridized carbons (Fsp3) is 0.364. The Morgan fingerprint density at radius 2 is 1.87 bits per heavy atom. The summed E-state index contributed by atoms with van der Waals surface area (Å²) in [4.78, 5) is 24.7. The third-order valence-corrected chi connectivity index (χ3v) is 8.62. The number of carboxylic acids is 1. The van der Waals surface area contributed by atoms with Crippen LogP contribution in [0, 0.1) is 12.7 Å². The predicted molar refractivity (Wildman–Crippen MR) is 163 cm³/mol. The van der Waals surface area contributed by atoms with Gasteiger partial charge in [0.05, 0.1) is 31.1 Å². The van der Waals surface area contributed by atoms with E-state index in [4.69, 9.17) is 4.74 Å². The lowest BCUT2D eigenvalue weighted by atomic mass is 9.76. The summed E-state index contributed by atoms with van der Waals surface area (Å²) in [6.45, 7) is 2.32. The molecule has 1 fully saturated rings. The van der Waals surface area contributed by atoms with Crippen molar-refractivity contribution in [3.8, 4) is 11.4 Å². The van der Waals surface area contributed by atoms with E-state index in [1.807, 2.05) is 0 Å². The first-order valence-electron chi connectivity index (χ1n) is 14.7. The van der Waals surface area contributed by atoms with Gasteiger partial charge in [0, 0.05) is 16.6 Å². The lowest BCUT2D eigenvalue weighted by molar-refractivity contribution is -0.257. The second-order valence-corrected chi connectivity index (χ2v) is 11.9. The second-order valence-electron chi connectivity index (χ2n) is 11.9. The molecule has 1 saturated carbocycles. The quantitative estimate of drug-likeness (QED) is 0.145. The van der Waals surface area contributed by atoms with Gasteiger partial charge in [-0.3, -0.25) is 4.79 Å². The Bertz CT molecular complexity index is 1790. The number of benzene rings is 3. The number of carboxylic acid groups (broad SMARTS) is 1. The molecule has 4 N–H and O–H groups in total. The number of alkyl halides is 3. The summed E-state index contributed by atoms with van der Waals surface area (Å²) in [5, 5.41) is 30.9. The van der Waals surface area contributed by atoms with Crippen molar-refractivity contribution in [2.45, 2.75) is 62.8 Å². The van der Waals surface area contributed by atoms with Gasteiger partial charge in [-0.05, 0) is 98.2 Å². The summed E-state index contributed by atoms with van der Waals surface area (Å²) in [6, 6.07) is 13.4. The molecule has 0 bridgehead atoms. The van der Waals surface area contributed by atoms with Crippen LogP contribution < -0.4 is 15.4 Å². The molecule has 1 aromatic heterocycles. The molecule has 244 valence electrons. The third-order valence-electron chi connectivity index (χ3n) is 8.62. The highest BCUT2D eigenvalue weighted by Crippen LogP contribution is 2.41. The van der Waals surface area contributed by atoms with Crippen LogP contribution in [-0.2, 0) is 4.79 Å². The number of nitrogens with zero attached hydrogens (tertiary/aromatic N) is 2. The first-order chi connectivity index (χ1) is 21.7. The molecule has 1 aliphatic carbocycles. The van der Waals surface area contributed by atoms with Crippen molar-refractivity contribution in [1.29, 1.82) is 0 Å². The van der Waals surface area contributed by atoms with Crippen LogP contribution >= 0.6 is 0 Å². The van der Waals surface area contributed by atoms with Crippen LogP contribution in [0.2, 0.25) is 0 Å². The van der Waals surface area contributed by atoms with Crippen molar-refractivity contribution in [2.75, 3.05) is 19.0 Å². The molecule has 0 saturated heterocycles. The van der Waals surface area contributed by atoms with E-state index in [1.165, 1.54) is 31.0 Å². The van der Waals surface area contributed by atoms with Crippen LogP contribution in [0.4, 0.5) is 23.2 Å². The van der Waals surface area contributed by atoms with Crippen LogP contribution in [0.25, 0.3) is 16.6 Å². The molecular weight excluding hydrogens is 608 g/mol. The average molecular weight is 643 g/mol. The van der Waals surface area contributed by atoms with Gasteiger partial charge in [0.25, 0.3) is 5.91 Å². The molecule has 2 unspecified atom stereocenters. The molecule has 9 nitrogen and oxygen atoms in total. The van der Waals surface area contributed by atoms with Crippen molar-refractivity contribution in [3.63, 3.8) is 0 Å². The van der Waals surface area contributed by atoms with E-state index in [2.05, 4.69) is 15.7 Å². The largest absolute Gasteiger partial charge is 0.496 e. The van der Waals surface area contributed by atoms with Crippen molar-refractivity contribution < 1.29 is 42.1 Å². The number of anilines is 1. The number of aryl methyl sites for hydroxylation is 1. The van der Waals surface area contributed by atoms with Gasteiger partial charge >= 0.3 is 12.1 Å². The molecule has 0 aliphatic heterocycles. The number of aromatic nitrogens is 2. The number of halogens is 4.